The third-order valence-electron chi connectivity index (χ3n) is 4.26. The number of hydrogen-bond acceptors (Lipinski definition) is 5. The van der Waals surface area contributed by atoms with Crippen molar-refractivity contribution >= 4 is 67.5 Å². The first kappa shape index (κ1) is 20.4. The maximum atomic E-state index is 12.2. The molecule has 1 amide bonds. The summed E-state index contributed by atoms with van der Waals surface area (Å²) < 4.78 is 24.1. The molecule has 0 unspecified atom stereocenters. The minimum Gasteiger partial charge on any atom is -0.481 e. The van der Waals surface area contributed by atoms with Gasteiger partial charge < -0.3 is 10.0 Å². The molecule has 146 valence electrons. The highest BCUT2D eigenvalue weighted by atomic mass is 35.5. The maximum Gasteiger partial charge on any atom is 0.303 e. The van der Waals surface area contributed by atoms with Gasteiger partial charge in [0.05, 0.1) is 33.3 Å². The highest BCUT2D eigenvalue weighted by Gasteiger charge is 2.49. The molecule has 0 saturated carbocycles. The van der Waals surface area contributed by atoms with Crippen LogP contribution in [0.5, 0.6) is 0 Å². The second-order valence-electron chi connectivity index (χ2n) is 6.28. The molecule has 2 fully saturated rings. The van der Waals surface area contributed by atoms with Crippen molar-refractivity contribution in [1.82, 2.24) is 0 Å². The van der Waals surface area contributed by atoms with Gasteiger partial charge in [-0.1, -0.05) is 41.0 Å². The van der Waals surface area contributed by atoms with E-state index in [2.05, 4.69) is 4.99 Å². The zero-order valence-corrected chi connectivity index (χ0v) is 17.1. The van der Waals surface area contributed by atoms with Gasteiger partial charge in [-0.3, -0.25) is 9.59 Å². The monoisotopic (exact) mass is 450 g/mol. The topological polar surface area (TPSA) is 104 Å². The van der Waals surface area contributed by atoms with E-state index < -0.39 is 21.7 Å². The second kappa shape index (κ2) is 7.98. The van der Waals surface area contributed by atoms with E-state index >= 15 is 0 Å². The van der Waals surface area contributed by atoms with Crippen LogP contribution in [0.3, 0.4) is 0 Å². The van der Waals surface area contributed by atoms with E-state index in [4.69, 9.17) is 28.3 Å². The number of halogens is 2. The van der Waals surface area contributed by atoms with Crippen LogP contribution in [-0.2, 0) is 19.4 Å². The number of amidine groups is 1. The Balaban J connectivity index is 1.91. The lowest BCUT2D eigenvalue weighted by molar-refractivity contribution is -0.137. The number of rotatable bonds is 5. The standard InChI is InChI=1S/C16H16Cl2N2O5S2/c17-9-3-1-4-10(15(9)18)20-11-7-27(24,25)8-12(11)26-16(20)19-13(21)5-2-6-14(22)23/h1,3-4,11-12H,2,5-8H2,(H,22,23)/t11-,12+/m0/s1. The van der Waals surface area contributed by atoms with Crippen LogP contribution in [0.2, 0.25) is 10.0 Å². The molecule has 0 bridgehead atoms. The number of thioether (sulfide) groups is 1. The van der Waals surface area contributed by atoms with Gasteiger partial charge in [0.15, 0.2) is 15.0 Å². The third-order valence-corrected chi connectivity index (χ3v) is 8.28. The van der Waals surface area contributed by atoms with Gasteiger partial charge in [-0.05, 0) is 18.6 Å². The summed E-state index contributed by atoms with van der Waals surface area (Å²) in [4.78, 5) is 28.5. The van der Waals surface area contributed by atoms with Crippen molar-refractivity contribution in [2.45, 2.75) is 30.6 Å². The number of aliphatic carboxylic acids is 1. The molecule has 2 aliphatic heterocycles. The van der Waals surface area contributed by atoms with E-state index in [1.165, 1.54) is 11.8 Å². The maximum absolute atomic E-state index is 12.2. The van der Waals surface area contributed by atoms with Crippen LogP contribution in [0, 0.1) is 0 Å². The predicted molar refractivity (Wildman–Crippen MR) is 107 cm³/mol. The molecule has 1 aromatic rings. The molecule has 2 aliphatic rings. The van der Waals surface area contributed by atoms with Gasteiger partial charge in [0.25, 0.3) is 0 Å². The van der Waals surface area contributed by atoms with Crippen molar-refractivity contribution in [2.75, 3.05) is 16.4 Å². The number of amides is 1. The Bertz CT molecular complexity index is 919. The van der Waals surface area contributed by atoms with E-state index in [0.29, 0.717) is 15.9 Å². The van der Waals surface area contributed by atoms with Crippen LogP contribution in [0.4, 0.5) is 5.69 Å². The number of benzene rings is 1. The second-order valence-corrected chi connectivity index (χ2v) is 10.4. The zero-order valence-electron chi connectivity index (χ0n) is 14.0. The number of hydrogen-bond donors (Lipinski definition) is 1. The lowest BCUT2D eigenvalue weighted by atomic mass is 10.2. The van der Waals surface area contributed by atoms with Crippen molar-refractivity contribution < 1.29 is 23.1 Å². The Kier molecular flexibility index (Phi) is 6.05. The Hall–Kier alpha value is -1.29. The summed E-state index contributed by atoms with van der Waals surface area (Å²) in [6, 6.07) is 4.62. The summed E-state index contributed by atoms with van der Waals surface area (Å²) in [5.41, 5.74) is 0.498. The van der Waals surface area contributed by atoms with Crippen molar-refractivity contribution in [3.63, 3.8) is 0 Å². The first-order valence-electron chi connectivity index (χ1n) is 8.11. The molecule has 11 heteroatoms. The Morgan fingerprint density at radius 3 is 2.70 bits per heavy atom. The van der Waals surface area contributed by atoms with Gasteiger partial charge in [0, 0.05) is 18.1 Å². The van der Waals surface area contributed by atoms with E-state index in [1.807, 2.05) is 0 Å². The highest BCUT2D eigenvalue weighted by molar-refractivity contribution is 8.16. The SMILES string of the molecule is O=C(O)CCCC(=O)N=C1S[C@@H]2CS(=O)(=O)C[C@@H]2N1c1cccc(Cl)c1Cl. The lowest BCUT2D eigenvalue weighted by Gasteiger charge is -2.25. The molecule has 0 radical (unpaired) electrons. The summed E-state index contributed by atoms with van der Waals surface area (Å²) in [5, 5.41) is 9.36. The fourth-order valence-corrected chi connectivity index (χ4v) is 7.39. The van der Waals surface area contributed by atoms with Crippen molar-refractivity contribution in [3.8, 4) is 0 Å². The minimum absolute atomic E-state index is 0.00110. The molecule has 7 nitrogen and oxygen atoms in total. The number of carboxylic acid groups (broad SMARTS) is 1. The number of sulfone groups is 1. The molecule has 0 spiro atoms. The van der Waals surface area contributed by atoms with Gasteiger partial charge in [-0.15, -0.1) is 0 Å². The summed E-state index contributed by atoms with van der Waals surface area (Å²) in [6.45, 7) is 0. The third kappa shape index (κ3) is 4.59. The minimum atomic E-state index is -3.19. The fourth-order valence-electron chi connectivity index (χ4n) is 3.08. The molecule has 2 atom stereocenters. The summed E-state index contributed by atoms with van der Waals surface area (Å²) in [7, 11) is -3.19. The molecule has 1 aromatic carbocycles. The number of anilines is 1. The summed E-state index contributed by atoms with van der Waals surface area (Å²) in [6.07, 6.45) is 0.0763. The molecule has 1 N–H and O–H groups in total. The van der Waals surface area contributed by atoms with Crippen molar-refractivity contribution in [1.29, 1.82) is 0 Å². The lowest BCUT2D eigenvalue weighted by Crippen LogP contribution is -2.38. The highest BCUT2D eigenvalue weighted by Crippen LogP contribution is 2.44. The number of carbonyl (C=O) groups excluding carboxylic acids is 1. The summed E-state index contributed by atoms with van der Waals surface area (Å²) in [5.74, 6) is -1.48. The van der Waals surface area contributed by atoms with Crippen LogP contribution in [0.25, 0.3) is 0 Å². The number of nitrogens with zero attached hydrogens (tertiary/aromatic N) is 2. The van der Waals surface area contributed by atoms with Crippen molar-refractivity contribution in [2.24, 2.45) is 4.99 Å². The molecule has 2 saturated heterocycles. The molecule has 0 aromatic heterocycles. The van der Waals surface area contributed by atoms with Crippen molar-refractivity contribution in [3.05, 3.63) is 28.2 Å². The average molecular weight is 451 g/mol. The van der Waals surface area contributed by atoms with Gasteiger partial charge in [-0.2, -0.15) is 4.99 Å². The molecule has 2 heterocycles. The van der Waals surface area contributed by atoms with E-state index in [1.54, 1.807) is 23.1 Å². The Morgan fingerprint density at radius 2 is 2.00 bits per heavy atom. The van der Waals surface area contributed by atoms with Crippen LogP contribution in [0.15, 0.2) is 23.2 Å². The van der Waals surface area contributed by atoms with E-state index in [0.717, 1.165) is 0 Å². The number of fused-ring (bicyclic) bond motifs is 1. The molecule has 0 aliphatic carbocycles. The molecule has 3 rings (SSSR count). The van der Waals surface area contributed by atoms with E-state index in [9.17, 15) is 18.0 Å². The van der Waals surface area contributed by atoms with Crippen LogP contribution in [-0.4, -0.2) is 53.4 Å². The largest absolute Gasteiger partial charge is 0.481 e. The summed E-state index contributed by atoms with van der Waals surface area (Å²) >= 11 is 13.6. The molecular formula is C16H16Cl2N2O5S2. The van der Waals surface area contributed by atoms with Crippen LogP contribution >= 0.6 is 35.0 Å². The predicted octanol–water partition coefficient (Wildman–Crippen LogP) is 2.85. The van der Waals surface area contributed by atoms with Gasteiger partial charge in [-0.25, -0.2) is 8.42 Å². The first-order chi connectivity index (χ1) is 12.7. The van der Waals surface area contributed by atoms with Gasteiger partial charge in [0.1, 0.15) is 0 Å². The average Bonchev–Trinajstić information content (AvgIpc) is 3.01. The smallest absolute Gasteiger partial charge is 0.303 e. The number of aliphatic imine (C=N–C) groups is 1. The van der Waals surface area contributed by atoms with Crippen LogP contribution < -0.4 is 4.90 Å². The number of carboxylic acids is 1. The van der Waals surface area contributed by atoms with Gasteiger partial charge >= 0.3 is 5.97 Å². The van der Waals surface area contributed by atoms with Gasteiger partial charge in [0.2, 0.25) is 5.91 Å². The molecular weight excluding hydrogens is 435 g/mol. The zero-order chi connectivity index (χ0) is 19.8. The molecule has 27 heavy (non-hydrogen) atoms. The Morgan fingerprint density at radius 1 is 1.26 bits per heavy atom. The quantitative estimate of drug-likeness (QED) is 0.734. The fraction of sp³-hybridized carbons (Fsp3) is 0.438. The first-order valence-corrected chi connectivity index (χ1v) is 11.6. The van der Waals surface area contributed by atoms with E-state index in [-0.39, 0.29) is 47.1 Å². The normalized spacial score (nSPS) is 25.0. The number of carbonyl (C=O) groups is 2. The Labute approximate surface area is 170 Å². The van der Waals surface area contributed by atoms with Crippen LogP contribution in [0.1, 0.15) is 19.3 Å².